The van der Waals surface area contributed by atoms with Gasteiger partial charge in [0.1, 0.15) is 12.1 Å². The van der Waals surface area contributed by atoms with Crippen molar-refractivity contribution >= 4 is 17.6 Å². The molecular weight excluding hydrogens is 206 g/mol. The number of hydrogen-bond donors (Lipinski definition) is 1. The maximum absolute atomic E-state index is 4.24. The van der Waals surface area contributed by atoms with Crippen LogP contribution in [0.1, 0.15) is 32.4 Å². The van der Waals surface area contributed by atoms with Crippen LogP contribution in [0.25, 0.3) is 0 Å². The zero-order valence-electron chi connectivity index (χ0n) is 9.82. The van der Waals surface area contributed by atoms with Gasteiger partial charge in [0.25, 0.3) is 0 Å². The quantitative estimate of drug-likeness (QED) is 0.836. The monoisotopic (exact) mass is 225 g/mol. The van der Waals surface area contributed by atoms with Crippen molar-refractivity contribution in [2.45, 2.75) is 32.7 Å². The molecular formula is C11H19N3S. The Morgan fingerprint density at radius 1 is 1.33 bits per heavy atom. The minimum atomic E-state index is 0.440. The smallest absolute Gasteiger partial charge is 0.129 e. The molecule has 0 amide bonds. The highest BCUT2D eigenvalue weighted by Gasteiger charge is 2.05. The Labute approximate surface area is 96.1 Å². The molecule has 1 unspecified atom stereocenters. The Morgan fingerprint density at radius 2 is 2.07 bits per heavy atom. The third-order valence-corrected chi connectivity index (χ3v) is 2.92. The van der Waals surface area contributed by atoms with Gasteiger partial charge in [-0.3, -0.25) is 0 Å². The summed E-state index contributed by atoms with van der Waals surface area (Å²) in [5.74, 6) is 2.46. The summed E-state index contributed by atoms with van der Waals surface area (Å²) in [5.41, 5.74) is 1.09. The van der Waals surface area contributed by atoms with Crippen molar-refractivity contribution in [2.24, 2.45) is 0 Å². The molecule has 0 spiro atoms. The zero-order valence-corrected chi connectivity index (χ0v) is 10.6. The van der Waals surface area contributed by atoms with E-state index in [4.69, 9.17) is 0 Å². The Morgan fingerprint density at radius 3 is 2.67 bits per heavy atom. The number of nitrogens with zero attached hydrogens (tertiary/aromatic N) is 2. The molecule has 0 aliphatic rings. The van der Waals surface area contributed by atoms with E-state index in [2.05, 4.69) is 42.3 Å². The van der Waals surface area contributed by atoms with E-state index in [-0.39, 0.29) is 0 Å². The zero-order chi connectivity index (χ0) is 11.3. The molecule has 1 atom stereocenters. The molecule has 0 saturated carbocycles. The molecule has 0 aromatic carbocycles. The van der Waals surface area contributed by atoms with Gasteiger partial charge in [0.2, 0.25) is 0 Å². The maximum atomic E-state index is 4.24. The molecule has 1 heterocycles. The molecule has 84 valence electrons. The second kappa shape index (κ2) is 5.95. The van der Waals surface area contributed by atoms with E-state index in [0.717, 1.165) is 17.3 Å². The average Bonchev–Trinajstić information content (AvgIpc) is 2.18. The molecule has 0 aliphatic carbocycles. The van der Waals surface area contributed by atoms with Crippen molar-refractivity contribution in [3.63, 3.8) is 0 Å². The van der Waals surface area contributed by atoms with Crippen molar-refractivity contribution in [1.82, 2.24) is 9.97 Å². The standard InChI is InChI=1S/C11H19N3S/c1-8(2)10-5-11(13-7-12-10)14-9(3)6-15-4/h5,7-9H,6H2,1-4H3,(H,12,13,14). The van der Waals surface area contributed by atoms with Crippen LogP contribution in [0.15, 0.2) is 12.4 Å². The predicted octanol–water partition coefficient (Wildman–Crippen LogP) is 2.76. The van der Waals surface area contributed by atoms with E-state index in [9.17, 15) is 0 Å². The molecule has 15 heavy (non-hydrogen) atoms. The molecule has 0 radical (unpaired) electrons. The van der Waals surface area contributed by atoms with Crippen molar-refractivity contribution in [3.05, 3.63) is 18.1 Å². The summed E-state index contributed by atoms with van der Waals surface area (Å²) in [4.78, 5) is 8.45. The molecule has 1 aromatic rings. The van der Waals surface area contributed by atoms with Gasteiger partial charge in [-0.1, -0.05) is 13.8 Å². The average molecular weight is 225 g/mol. The fourth-order valence-electron chi connectivity index (χ4n) is 1.31. The fraction of sp³-hybridized carbons (Fsp3) is 0.636. The molecule has 0 saturated heterocycles. The number of thioether (sulfide) groups is 1. The van der Waals surface area contributed by atoms with E-state index >= 15 is 0 Å². The Hall–Kier alpha value is -0.770. The first-order valence-corrected chi connectivity index (χ1v) is 6.60. The van der Waals surface area contributed by atoms with Gasteiger partial charge in [-0.25, -0.2) is 9.97 Å². The Kier molecular flexibility index (Phi) is 4.88. The summed E-state index contributed by atoms with van der Waals surface area (Å²) in [5, 5.41) is 3.37. The molecule has 0 bridgehead atoms. The van der Waals surface area contributed by atoms with Crippen LogP contribution in [0.2, 0.25) is 0 Å². The first kappa shape index (κ1) is 12.3. The lowest BCUT2D eigenvalue weighted by molar-refractivity contribution is 0.809. The van der Waals surface area contributed by atoms with E-state index < -0.39 is 0 Å². The number of nitrogens with one attached hydrogen (secondary N) is 1. The van der Waals surface area contributed by atoms with Gasteiger partial charge in [-0.15, -0.1) is 0 Å². The SMILES string of the molecule is CSCC(C)Nc1cc(C(C)C)ncn1. The summed E-state index contributed by atoms with van der Waals surface area (Å²) in [6, 6.07) is 2.47. The summed E-state index contributed by atoms with van der Waals surface area (Å²) < 4.78 is 0. The van der Waals surface area contributed by atoms with Crippen LogP contribution in [0.4, 0.5) is 5.82 Å². The van der Waals surface area contributed by atoms with Crippen LogP contribution in [0.5, 0.6) is 0 Å². The van der Waals surface area contributed by atoms with Gasteiger partial charge in [-0.05, 0) is 19.1 Å². The molecule has 0 aliphatic heterocycles. The Balaban J connectivity index is 2.65. The second-order valence-corrected chi connectivity index (χ2v) is 4.89. The third-order valence-electron chi connectivity index (χ3n) is 2.09. The van der Waals surface area contributed by atoms with Gasteiger partial charge in [0, 0.05) is 23.6 Å². The van der Waals surface area contributed by atoms with Crippen molar-refractivity contribution in [2.75, 3.05) is 17.3 Å². The van der Waals surface area contributed by atoms with Crippen LogP contribution in [0.3, 0.4) is 0 Å². The largest absolute Gasteiger partial charge is 0.367 e. The van der Waals surface area contributed by atoms with Gasteiger partial charge < -0.3 is 5.32 Å². The molecule has 1 rings (SSSR count). The predicted molar refractivity (Wildman–Crippen MR) is 67.6 cm³/mol. The highest BCUT2D eigenvalue weighted by molar-refractivity contribution is 7.98. The first-order valence-electron chi connectivity index (χ1n) is 5.21. The lowest BCUT2D eigenvalue weighted by atomic mass is 10.1. The number of rotatable bonds is 5. The Bertz CT molecular complexity index is 302. The minimum absolute atomic E-state index is 0.440. The number of aromatic nitrogens is 2. The summed E-state index contributed by atoms with van der Waals surface area (Å²) in [6.45, 7) is 6.43. The highest BCUT2D eigenvalue weighted by Crippen LogP contribution is 2.14. The molecule has 1 N–H and O–H groups in total. The van der Waals surface area contributed by atoms with Crippen molar-refractivity contribution in [1.29, 1.82) is 0 Å². The molecule has 1 aromatic heterocycles. The van der Waals surface area contributed by atoms with Crippen molar-refractivity contribution in [3.8, 4) is 0 Å². The van der Waals surface area contributed by atoms with E-state index in [0.29, 0.717) is 12.0 Å². The van der Waals surface area contributed by atoms with Crippen LogP contribution < -0.4 is 5.32 Å². The normalized spacial score (nSPS) is 12.9. The van der Waals surface area contributed by atoms with Crippen LogP contribution in [-0.2, 0) is 0 Å². The summed E-state index contributed by atoms with van der Waals surface area (Å²) >= 11 is 1.83. The third kappa shape index (κ3) is 4.08. The van der Waals surface area contributed by atoms with E-state index in [1.54, 1.807) is 6.33 Å². The van der Waals surface area contributed by atoms with E-state index in [1.807, 2.05) is 17.8 Å². The number of anilines is 1. The molecule has 3 nitrogen and oxygen atoms in total. The summed E-state index contributed by atoms with van der Waals surface area (Å²) in [6.07, 6.45) is 3.74. The van der Waals surface area contributed by atoms with Crippen molar-refractivity contribution < 1.29 is 0 Å². The topological polar surface area (TPSA) is 37.8 Å². The van der Waals surface area contributed by atoms with Gasteiger partial charge in [0.05, 0.1) is 0 Å². The van der Waals surface area contributed by atoms with Crippen LogP contribution in [0, 0.1) is 0 Å². The lowest BCUT2D eigenvalue weighted by Crippen LogP contribution is -2.18. The van der Waals surface area contributed by atoms with Crippen LogP contribution >= 0.6 is 11.8 Å². The molecule has 0 fully saturated rings. The van der Waals surface area contributed by atoms with Crippen LogP contribution in [-0.4, -0.2) is 28.0 Å². The second-order valence-electron chi connectivity index (χ2n) is 3.98. The molecule has 4 heteroatoms. The number of hydrogen-bond acceptors (Lipinski definition) is 4. The lowest BCUT2D eigenvalue weighted by Gasteiger charge is -2.14. The van der Waals surface area contributed by atoms with Gasteiger partial charge in [0.15, 0.2) is 0 Å². The fourth-order valence-corrected chi connectivity index (χ4v) is 1.89. The summed E-state index contributed by atoms with van der Waals surface area (Å²) in [7, 11) is 0. The maximum Gasteiger partial charge on any atom is 0.129 e. The first-order chi connectivity index (χ1) is 7.13. The highest BCUT2D eigenvalue weighted by atomic mass is 32.2. The minimum Gasteiger partial charge on any atom is -0.367 e. The van der Waals surface area contributed by atoms with Gasteiger partial charge >= 0.3 is 0 Å². The van der Waals surface area contributed by atoms with E-state index in [1.165, 1.54) is 0 Å². The van der Waals surface area contributed by atoms with Gasteiger partial charge in [-0.2, -0.15) is 11.8 Å².